The molecular formula is C15H16FNO. The van der Waals surface area contributed by atoms with Crippen LogP contribution in [-0.4, -0.2) is 6.54 Å². The molecule has 2 rings (SSSR count). The lowest BCUT2D eigenvalue weighted by molar-refractivity contribution is 0.290. The van der Waals surface area contributed by atoms with Crippen LogP contribution in [0.1, 0.15) is 11.1 Å². The van der Waals surface area contributed by atoms with E-state index in [1.54, 1.807) is 12.1 Å². The molecule has 0 fully saturated rings. The summed E-state index contributed by atoms with van der Waals surface area (Å²) in [6, 6.07) is 14.6. The van der Waals surface area contributed by atoms with Gasteiger partial charge in [0.2, 0.25) is 0 Å². The molecule has 0 saturated carbocycles. The van der Waals surface area contributed by atoms with Gasteiger partial charge in [-0.2, -0.15) is 0 Å². The first kappa shape index (κ1) is 12.6. The van der Waals surface area contributed by atoms with Gasteiger partial charge in [0, 0.05) is 0 Å². The van der Waals surface area contributed by atoms with Gasteiger partial charge in [0.15, 0.2) is 11.6 Å². The SMILES string of the molecule is NCCc1ccc([18F])c(OCc2ccccc2)c1. The molecule has 0 amide bonds. The molecule has 2 aromatic carbocycles. The van der Waals surface area contributed by atoms with E-state index in [0.717, 1.165) is 17.5 Å². The zero-order chi connectivity index (χ0) is 12.8. The normalized spacial score (nSPS) is 10.3. The molecule has 0 bridgehead atoms. The standard InChI is InChI=1S/C15H16FNO/c16-14-7-6-12(8-9-17)10-15(14)18-11-13-4-2-1-3-5-13/h1-7,10H,8-9,11,17H2/i16-1. The Kier molecular flexibility index (Phi) is 4.31. The Morgan fingerprint density at radius 3 is 2.50 bits per heavy atom. The predicted octanol–water partition coefficient (Wildman–Crippen LogP) is 2.91. The largest absolute Gasteiger partial charge is 0.486 e. The van der Waals surface area contributed by atoms with Crippen LogP contribution in [0.2, 0.25) is 0 Å². The van der Waals surface area contributed by atoms with Crippen molar-refractivity contribution in [1.82, 2.24) is 0 Å². The molecule has 0 unspecified atom stereocenters. The summed E-state index contributed by atoms with van der Waals surface area (Å²) in [4.78, 5) is 0. The fourth-order valence-electron chi connectivity index (χ4n) is 1.72. The Morgan fingerprint density at radius 1 is 1.00 bits per heavy atom. The van der Waals surface area contributed by atoms with Gasteiger partial charge in [-0.15, -0.1) is 0 Å². The van der Waals surface area contributed by atoms with Crippen molar-refractivity contribution >= 4 is 0 Å². The summed E-state index contributed by atoms with van der Waals surface area (Å²) < 4.78 is 19.1. The molecule has 94 valence electrons. The molecule has 0 radical (unpaired) electrons. The Balaban J connectivity index is 2.06. The van der Waals surface area contributed by atoms with Crippen molar-refractivity contribution in [2.45, 2.75) is 13.0 Å². The Labute approximate surface area is 106 Å². The Morgan fingerprint density at radius 2 is 1.78 bits per heavy atom. The molecule has 2 nitrogen and oxygen atoms in total. The average Bonchev–Trinajstić information content (AvgIpc) is 2.41. The maximum absolute atomic E-state index is 13.6. The predicted molar refractivity (Wildman–Crippen MR) is 69.9 cm³/mol. The molecule has 0 saturated heterocycles. The van der Waals surface area contributed by atoms with Gasteiger partial charge in [0.25, 0.3) is 0 Å². The van der Waals surface area contributed by atoms with Gasteiger partial charge in [-0.1, -0.05) is 36.4 Å². The maximum atomic E-state index is 13.6. The second-order valence-corrected chi connectivity index (χ2v) is 4.08. The highest BCUT2D eigenvalue weighted by molar-refractivity contribution is 5.31. The molecular weight excluding hydrogens is 228 g/mol. The summed E-state index contributed by atoms with van der Waals surface area (Å²) in [6.07, 6.45) is 0.724. The molecule has 0 aliphatic carbocycles. The second kappa shape index (κ2) is 6.17. The van der Waals surface area contributed by atoms with E-state index in [9.17, 15) is 4.39 Å². The third-order valence-corrected chi connectivity index (χ3v) is 2.67. The first-order valence-electron chi connectivity index (χ1n) is 5.95. The molecule has 0 aliphatic heterocycles. The zero-order valence-electron chi connectivity index (χ0n) is 10.1. The molecule has 0 heterocycles. The van der Waals surface area contributed by atoms with Crippen LogP contribution >= 0.6 is 0 Å². The van der Waals surface area contributed by atoms with Crippen LogP contribution in [0.5, 0.6) is 5.75 Å². The second-order valence-electron chi connectivity index (χ2n) is 4.08. The average molecular weight is 244 g/mol. The van der Waals surface area contributed by atoms with E-state index in [1.165, 1.54) is 6.07 Å². The molecule has 2 N–H and O–H groups in total. The molecule has 0 aromatic heterocycles. The van der Waals surface area contributed by atoms with Crippen LogP contribution in [0.3, 0.4) is 0 Å². The van der Waals surface area contributed by atoms with Gasteiger partial charge in [-0.3, -0.25) is 0 Å². The van der Waals surface area contributed by atoms with Crippen LogP contribution < -0.4 is 10.5 Å². The van der Waals surface area contributed by atoms with Crippen molar-refractivity contribution in [3.8, 4) is 5.75 Å². The number of halogens is 1. The van der Waals surface area contributed by atoms with Crippen LogP contribution in [-0.2, 0) is 13.0 Å². The summed E-state index contributed by atoms with van der Waals surface area (Å²) in [5.74, 6) is -0.0588. The van der Waals surface area contributed by atoms with Gasteiger partial charge in [0.1, 0.15) is 6.61 Å². The summed E-state index contributed by atoms with van der Waals surface area (Å²) in [5, 5.41) is 0. The Hall–Kier alpha value is -1.87. The summed E-state index contributed by atoms with van der Waals surface area (Å²) in [6.45, 7) is 0.910. The highest BCUT2D eigenvalue weighted by Crippen LogP contribution is 2.20. The van der Waals surface area contributed by atoms with E-state index in [-0.39, 0.29) is 11.6 Å². The van der Waals surface area contributed by atoms with Crippen molar-refractivity contribution in [2.24, 2.45) is 5.73 Å². The fourth-order valence-corrected chi connectivity index (χ4v) is 1.72. The van der Waals surface area contributed by atoms with Crippen LogP contribution in [0, 0.1) is 5.82 Å². The molecule has 0 aliphatic rings. The summed E-state index contributed by atoms with van der Waals surface area (Å²) in [5.41, 5.74) is 7.48. The molecule has 0 atom stereocenters. The van der Waals surface area contributed by atoms with Crippen molar-refractivity contribution < 1.29 is 9.13 Å². The van der Waals surface area contributed by atoms with Crippen molar-refractivity contribution in [2.75, 3.05) is 6.54 Å². The number of rotatable bonds is 5. The van der Waals surface area contributed by atoms with Crippen molar-refractivity contribution in [1.29, 1.82) is 0 Å². The third kappa shape index (κ3) is 3.31. The first-order chi connectivity index (χ1) is 8.79. The van der Waals surface area contributed by atoms with Crippen LogP contribution in [0.25, 0.3) is 0 Å². The lowest BCUT2D eigenvalue weighted by Crippen LogP contribution is -2.04. The van der Waals surface area contributed by atoms with E-state index in [1.807, 2.05) is 30.3 Å². The molecule has 3 heteroatoms. The smallest absolute Gasteiger partial charge is 0.165 e. The van der Waals surface area contributed by atoms with Crippen LogP contribution in [0.15, 0.2) is 48.5 Å². The van der Waals surface area contributed by atoms with E-state index < -0.39 is 0 Å². The molecule has 2 aromatic rings. The number of ether oxygens (including phenoxy) is 1. The quantitative estimate of drug-likeness (QED) is 0.877. The number of hydrogen-bond donors (Lipinski definition) is 1. The minimum Gasteiger partial charge on any atom is -0.486 e. The fraction of sp³-hybridized carbons (Fsp3) is 0.200. The molecule has 18 heavy (non-hydrogen) atoms. The highest BCUT2D eigenvalue weighted by atomic mass is 18.2. The number of benzene rings is 2. The van der Waals surface area contributed by atoms with Crippen molar-refractivity contribution in [3.63, 3.8) is 0 Å². The number of hydrogen-bond acceptors (Lipinski definition) is 2. The zero-order valence-corrected chi connectivity index (χ0v) is 10.1. The van der Waals surface area contributed by atoms with E-state index in [0.29, 0.717) is 13.2 Å². The minimum atomic E-state index is -0.341. The lowest BCUT2D eigenvalue weighted by Gasteiger charge is -2.09. The van der Waals surface area contributed by atoms with E-state index in [4.69, 9.17) is 10.5 Å². The minimum absolute atomic E-state index is 0.282. The van der Waals surface area contributed by atoms with E-state index in [2.05, 4.69) is 0 Å². The first-order valence-corrected chi connectivity index (χ1v) is 5.95. The number of nitrogens with two attached hydrogens (primary N) is 1. The van der Waals surface area contributed by atoms with Crippen molar-refractivity contribution in [3.05, 3.63) is 65.5 Å². The topological polar surface area (TPSA) is 35.2 Å². The van der Waals surface area contributed by atoms with Gasteiger partial charge >= 0.3 is 0 Å². The summed E-state index contributed by atoms with van der Waals surface area (Å²) in [7, 11) is 0. The van der Waals surface area contributed by atoms with Gasteiger partial charge < -0.3 is 10.5 Å². The van der Waals surface area contributed by atoms with Gasteiger partial charge in [0.05, 0.1) is 0 Å². The van der Waals surface area contributed by atoms with Gasteiger partial charge in [-0.05, 0) is 36.2 Å². The van der Waals surface area contributed by atoms with Crippen LogP contribution in [0.4, 0.5) is 4.39 Å². The molecule has 0 spiro atoms. The maximum Gasteiger partial charge on any atom is 0.165 e. The monoisotopic (exact) mass is 244 g/mol. The lowest BCUT2D eigenvalue weighted by atomic mass is 10.1. The Bertz CT molecular complexity index is 499. The van der Waals surface area contributed by atoms with Gasteiger partial charge in [-0.25, -0.2) is 4.39 Å². The van der Waals surface area contributed by atoms with E-state index >= 15 is 0 Å². The third-order valence-electron chi connectivity index (χ3n) is 2.67. The highest BCUT2D eigenvalue weighted by Gasteiger charge is 2.05. The summed E-state index contributed by atoms with van der Waals surface area (Å²) >= 11 is 0.